The van der Waals surface area contributed by atoms with E-state index in [4.69, 9.17) is 4.18 Å². The number of rotatable bonds is 3. The van der Waals surface area contributed by atoms with Crippen LogP contribution in [0.1, 0.15) is 5.56 Å². The summed E-state index contributed by atoms with van der Waals surface area (Å²) in [5, 5.41) is 9.48. The van der Waals surface area contributed by atoms with Crippen LogP contribution in [0.4, 0.5) is 0 Å². The maximum Gasteiger partial charge on any atom is 0.339 e. The lowest BCUT2D eigenvalue weighted by Gasteiger charge is -2.08. The minimum atomic E-state index is -3.91. The quantitative estimate of drug-likeness (QED) is 0.865. The Morgan fingerprint density at radius 2 is 1.61 bits per heavy atom. The smallest absolute Gasteiger partial charge is 0.339 e. The van der Waals surface area contributed by atoms with Crippen LogP contribution < -0.4 is 4.18 Å². The number of aromatic hydroxyl groups is 1. The Morgan fingerprint density at radius 3 is 2.22 bits per heavy atom. The molecule has 0 aliphatic heterocycles. The predicted octanol–water partition coefficient (Wildman–Crippen LogP) is 2.47. The fraction of sp³-hybridized carbons (Fsp3) is 0.0769. The molecule has 5 heteroatoms. The van der Waals surface area contributed by atoms with Crippen molar-refractivity contribution in [1.29, 1.82) is 0 Å². The molecule has 0 atom stereocenters. The van der Waals surface area contributed by atoms with Gasteiger partial charge in [0, 0.05) is 0 Å². The molecule has 0 aliphatic rings. The number of benzene rings is 2. The topological polar surface area (TPSA) is 63.6 Å². The summed E-state index contributed by atoms with van der Waals surface area (Å²) in [6.45, 7) is 1.86. The molecular formula is C13H12O4S. The second kappa shape index (κ2) is 4.70. The van der Waals surface area contributed by atoms with Crippen LogP contribution in [0.15, 0.2) is 53.4 Å². The van der Waals surface area contributed by atoms with Gasteiger partial charge in [0.25, 0.3) is 0 Å². The monoisotopic (exact) mass is 264 g/mol. The number of aryl methyl sites for hydroxylation is 1. The molecule has 2 aromatic carbocycles. The molecule has 0 amide bonds. The van der Waals surface area contributed by atoms with Crippen molar-refractivity contribution < 1.29 is 17.7 Å². The van der Waals surface area contributed by atoms with Gasteiger partial charge >= 0.3 is 10.1 Å². The van der Waals surface area contributed by atoms with E-state index in [-0.39, 0.29) is 16.4 Å². The summed E-state index contributed by atoms with van der Waals surface area (Å²) in [7, 11) is -3.91. The first kappa shape index (κ1) is 12.4. The van der Waals surface area contributed by atoms with Crippen LogP contribution >= 0.6 is 0 Å². The molecule has 18 heavy (non-hydrogen) atoms. The minimum Gasteiger partial charge on any atom is -0.504 e. The molecule has 4 nitrogen and oxygen atoms in total. The van der Waals surface area contributed by atoms with Crippen molar-refractivity contribution >= 4 is 10.1 Å². The normalized spacial score (nSPS) is 11.2. The molecule has 0 heterocycles. The summed E-state index contributed by atoms with van der Waals surface area (Å²) in [5.41, 5.74) is 0.955. The maximum absolute atomic E-state index is 11.9. The third kappa shape index (κ3) is 2.62. The lowest BCUT2D eigenvalue weighted by molar-refractivity contribution is 0.428. The number of phenolic OH excluding ortho intramolecular Hbond substituents is 1. The third-order valence-electron chi connectivity index (χ3n) is 2.37. The zero-order valence-electron chi connectivity index (χ0n) is 9.70. The van der Waals surface area contributed by atoms with Crippen LogP contribution in [0.2, 0.25) is 0 Å². The molecule has 0 radical (unpaired) electrons. The van der Waals surface area contributed by atoms with E-state index in [2.05, 4.69) is 0 Å². The van der Waals surface area contributed by atoms with Crippen molar-refractivity contribution in [1.82, 2.24) is 0 Å². The highest BCUT2D eigenvalue weighted by Gasteiger charge is 2.17. The molecule has 0 spiro atoms. The van der Waals surface area contributed by atoms with Crippen LogP contribution in [0.3, 0.4) is 0 Å². The Bertz CT molecular complexity index is 645. The van der Waals surface area contributed by atoms with Crippen LogP contribution in [-0.4, -0.2) is 13.5 Å². The summed E-state index contributed by atoms with van der Waals surface area (Å²) in [5.74, 6) is -0.300. The average Bonchev–Trinajstić information content (AvgIpc) is 2.32. The highest BCUT2D eigenvalue weighted by Crippen LogP contribution is 2.27. The van der Waals surface area contributed by atoms with Crippen molar-refractivity contribution in [2.75, 3.05) is 0 Å². The molecule has 94 valence electrons. The molecule has 0 unspecified atom stereocenters. The molecule has 0 saturated carbocycles. The Kier molecular flexibility index (Phi) is 3.25. The van der Waals surface area contributed by atoms with Crippen LogP contribution in [-0.2, 0) is 10.1 Å². The zero-order chi connectivity index (χ0) is 13.2. The van der Waals surface area contributed by atoms with Gasteiger partial charge < -0.3 is 9.29 Å². The highest BCUT2D eigenvalue weighted by atomic mass is 32.2. The summed E-state index contributed by atoms with van der Waals surface area (Å²) in [6, 6.07) is 12.2. The van der Waals surface area contributed by atoms with Gasteiger partial charge in [0.15, 0.2) is 11.5 Å². The van der Waals surface area contributed by atoms with Crippen LogP contribution in [0.25, 0.3) is 0 Å². The SMILES string of the molecule is Cc1ccc(S(=O)(=O)Oc2ccccc2O)cc1. The van der Waals surface area contributed by atoms with E-state index in [0.717, 1.165) is 5.56 Å². The van der Waals surface area contributed by atoms with Gasteiger partial charge in [0.05, 0.1) is 0 Å². The first-order valence-corrected chi connectivity index (χ1v) is 6.69. The van der Waals surface area contributed by atoms with E-state index in [9.17, 15) is 13.5 Å². The molecule has 1 N–H and O–H groups in total. The van der Waals surface area contributed by atoms with Crippen molar-refractivity contribution in [3.05, 3.63) is 54.1 Å². The Hall–Kier alpha value is -2.01. The van der Waals surface area contributed by atoms with Gasteiger partial charge in [-0.25, -0.2) is 0 Å². The molecule has 0 saturated heterocycles. The van der Waals surface area contributed by atoms with Gasteiger partial charge in [0.1, 0.15) is 4.90 Å². The Morgan fingerprint density at radius 1 is 1.00 bits per heavy atom. The number of hydrogen-bond donors (Lipinski definition) is 1. The third-order valence-corrected chi connectivity index (χ3v) is 3.62. The molecular weight excluding hydrogens is 252 g/mol. The van der Waals surface area contributed by atoms with E-state index in [1.165, 1.54) is 24.3 Å². The maximum atomic E-state index is 11.9. The average molecular weight is 264 g/mol. The fourth-order valence-corrected chi connectivity index (χ4v) is 2.34. The van der Waals surface area contributed by atoms with Crippen molar-refractivity contribution in [3.63, 3.8) is 0 Å². The lowest BCUT2D eigenvalue weighted by atomic mass is 10.2. The zero-order valence-corrected chi connectivity index (χ0v) is 10.5. The number of para-hydroxylation sites is 2. The van der Waals surface area contributed by atoms with Gasteiger partial charge in [-0.1, -0.05) is 29.8 Å². The summed E-state index contributed by atoms with van der Waals surface area (Å²) in [6.07, 6.45) is 0. The predicted molar refractivity (Wildman–Crippen MR) is 67.1 cm³/mol. The van der Waals surface area contributed by atoms with E-state index in [0.29, 0.717) is 0 Å². The Labute approximate surface area is 106 Å². The summed E-state index contributed by atoms with van der Waals surface area (Å²) >= 11 is 0. The van der Waals surface area contributed by atoms with Crippen molar-refractivity contribution in [2.45, 2.75) is 11.8 Å². The summed E-state index contributed by atoms with van der Waals surface area (Å²) in [4.78, 5) is 0.0522. The lowest BCUT2D eigenvalue weighted by Crippen LogP contribution is -2.09. The number of phenols is 1. The van der Waals surface area contributed by atoms with E-state index < -0.39 is 10.1 Å². The second-order valence-corrected chi connectivity index (χ2v) is 5.36. The van der Waals surface area contributed by atoms with E-state index in [1.54, 1.807) is 24.3 Å². The molecule has 2 aromatic rings. The van der Waals surface area contributed by atoms with Gasteiger partial charge in [-0.2, -0.15) is 8.42 Å². The first-order valence-electron chi connectivity index (χ1n) is 5.28. The summed E-state index contributed by atoms with van der Waals surface area (Å²) < 4.78 is 28.7. The van der Waals surface area contributed by atoms with Gasteiger partial charge in [-0.15, -0.1) is 0 Å². The van der Waals surface area contributed by atoms with Gasteiger partial charge in [-0.05, 0) is 31.2 Å². The molecule has 0 bridgehead atoms. The van der Waals surface area contributed by atoms with Crippen LogP contribution in [0.5, 0.6) is 11.5 Å². The van der Waals surface area contributed by atoms with E-state index >= 15 is 0 Å². The van der Waals surface area contributed by atoms with Gasteiger partial charge in [0.2, 0.25) is 0 Å². The Balaban J connectivity index is 2.33. The number of hydrogen-bond acceptors (Lipinski definition) is 4. The standard InChI is InChI=1S/C13H12O4S/c1-10-6-8-11(9-7-10)18(15,16)17-13-5-3-2-4-12(13)14/h2-9,14H,1H3. The van der Waals surface area contributed by atoms with E-state index in [1.807, 2.05) is 6.92 Å². The molecule has 0 fully saturated rings. The molecule has 0 aliphatic carbocycles. The van der Waals surface area contributed by atoms with Crippen molar-refractivity contribution in [2.24, 2.45) is 0 Å². The second-order valence-electron chi connectivity index (χ2n) is 3.82. The first-order chi connectivity index (χ1) is 8.49. The minimum absolute atomic E-state index is 0.0522. The molecule has 2 rings (SSSR count). The molecule has 0 aromatic heterocycles. The van der Waals surface area contributed by atoms with Gasteiger partial charge in [-0.3, -0.25) is 0 Å². The largest absolute Gasteiger partial charge is 0.504 e. The van der Waals surface area contributed by atoms with Crippen molar-refractivity contribution in [3.8, 4) is 11.5 Å². The van der Waals surface area contributed by atoms with Crippen LogP contribution in [0, 0.1) is 6.92 Å². The fourth-order valence-electron chi connectivity index (χ4n) is 1.40. The highest BCUT2D eigenvalue weighted by molar-refractivity contribution is 7.87.